The van der Waals surface area contributed by atoms with Gasteiger partial charge in [0.15, 0.2) is 0 Å². The van der Waals surface area contributed by atoms with E-state index in [1.54, 1.807) is 34.2 Å². The second-order valence-electron chi connectivity index (χ2n) is 7.46. The maximum Gasteiger partial charge on any atom is 0.272 e. The summed E-state index contributed by atoms with van der Waals surface area (Å²) in [5.41, 5.74) is 3.47. The predicted molar refractivity (Wildman–Crippen MR) is 115 cm³/mol. The summed E-state index contributed by atoms with van der Waals surface area (Å²) in [7, 11) is 0. The summed E-state index contributed by atoms with van der Waals surface area (Å²) >= 11 is 0. The van der Waals surface area contributed by atoms with Crippen LogP contribution in [-0.2, 0) is 4.79 Å². The van der Waals surface area contributed by atoms with Crippen LogP contribution in [-0.4, -0.2) is 65.9 Å². The highest BCUT2D eigenvalue weighted by atomic mass is 16.2. The number of rotatable bonds is 6. The average molecular weight is 406 g/mol. The molecule has 7 heteroatoms. The number of amides is 2. The Balaban J connectivity index is 1.62. The molecule has 2 amide bonds. The van der Waals surface area contributed by atoms with Gasteiger partial charge in [0.25, 0.3) is 5.91 Å². The minimum Gasteiger partial charge on any atom is -0.335 e. The van der Waals surface area contributed by atoms with E-state index in [0.29, 0.717) is 38.4 Å². The number of aromatic nitrogens is 1. The highest BCUT2D eigenvalue weighted by molar-refractivity contribution is 5.96. The maximum absolute atomic E-state index is 13.1. The van der Waals surface area contributed by atoms with Gasteiger partial charge in [0.05, 0.1) is 19.0 Å². The number of benzene rings is 1. The van der Waals surface area contributed by atoms with Crippen LogP contribution >= 0.6 is 0 Å². The van der Waals surface area contributed by atoms with Gasteiger partial charge in [-0.05, 0) is 43.2 Å². The highest BCUT2D eigenvalue weighted by Crippen LogP contribution is 2.23. The summed E-state index contributed by atoms with van der Waals surface area (Å²) in [5.74, 6) is -0.101. The number of nitriles is 1. The Bertz CT molecular complexity index is 930. The SMILES string of the molecule is Cc1cccc(N(CCC#N)C(=O)CN2CCN(C(=O)c3ccccn3)CC2)c1C. The number of anilines is 1. The first kappa shape index (κ1) is 21.5. The van der Waals surface area contributed by atoms with Gasteiger partial charge in [0, 0.05) is 44.6 Å². The van der Waals surface area contributed by atoms with Crippen LogP contribution in [0.1, 0.15) is 28.0 Å². The predicted octanol–water partition coefficient (Wildman–Crippen LogP) is 2.40. The molecule has 1 aliphatic rings. The number of hydrogen-bond acceptors (Lipinski definition) is 5. The summed E-state index contributed by atoms with van der Waals surface area (Å²) < 4.78 is 0. The van der Waals surface area contributed by atoms with Crippen molar-refractivity contribution in [2.24, 2.45) is 0 Å². The number of piperazine rings is 1. The molecular weight excluding hydrogens is 378 g/mol. The van der Waals surface area contributed by atoms with Crippen molar-refractivity contribution in [2.45, 2.75) is 20.3 Å². The lowest BCUT2D eigenvalue weighted by Gasteiger charge is -2.35. The van der Waals surface area contributed by atoms with Crippen molar-refractivity contribution in [3.05, 3.63) is 59.4 Å². The lowest BCUT2D eigenvalue weighted by atomic mass is 10.1. The smallest absolute Gasteiger partial charge is 0.272 e. The summed E-state index contributed by atoms with van der Waals surface area (Å²) in [6.07, 6.45) is 1.90. The van der Waals surface area contributed by atoms with Crippen LogP contribution < -0.4 is 4.90 Å². The molecule has 1 aliphatic heterocycles. The molecule has 0 bridgehead atoms. The largest absolute Gasteiger partial charge is 0.335 e. The van der Waals surface area contributed by atoms with E-state index in [2.05, 4.69) is 16.0 Å². The van der Waals surface area contributed by atoms with Gasteiger partial charge in [-0.2, -0.15) is 5.26 Å². The van der Waals surface area contributed by atoms with Crippen molar-refractivity contribution in [1.29, 1.82) is 5.26 Å². The van der Waals surface area contributed by atoms with E-state index < -0.39 is 0 Å². The summed E-state index contributed by atoms with van der Waals surface area (Å²) in [4.78, 5) is 35.3. The molecule has 0 unspecified atom stereocenters. The monoisotopic (exact) mass is 405 g/mol. The normalized spacial score (nSPS) is 14.2. The molecule has 3 rings (SSSR count). The van der Waals surface area contributed by atoms with Crippen LogP contribution in [0.4, 0.5) is 5.69 Å². The zero-order valence-corrected chi connectivity index (χ0v) is 17.5. The zero-order chi connectivity index (χ0) is 21.5. The van der Waals surface area contributed by atoms with Crippen LogP contribution in [0.3, 0.4) is 0 Å². The molecule has 1 fully saturated rings. The van der Waals surface area contributed by atoms with Crippen molar-refractivity contribution in [3.8, 4) is 6.07 Å². The van der Waals surface area contributed by atoms with Gasteiger partial charge in [-0.3, -0.25) is 19.5 Å². The molecule has 1 saturated heterocycles. The number of pyridine rings is 1. The summed E-state index contributed by atoms with van der Waals surface area (Å²) in [5, 5.41) is 9.02. The minimum absolute atomic E-state index is 0.0246. The third-order valence-corrected chi connectivity index (χ3v) is 5.52. The number of nitrogens with zero attached hydrogens (tertiary/aromatic N) is 5. The molecule has 2 heterocycles. The molecule has 0 atom stereocenters. The van der Waals surface area contributed by atoms with Gasteiger partial charge in [0.1, 0.15) is 5.69 Å². The molecule has 30 heavy (non-hydrogen) atoms. The fourth-order valence-electron chi connectivity index (χ4n) is 3.61. The van der Waals surface area contributed by atoms with Crippen LogP contribution in [0, 0.1) is 25.2 Å². The molecule has 2 aromatic rings. The van der Waals surface area contributed by atoms with E-state index in [0.717, 1.165) is 16.8 Å². The minimum atomic E-state index is -0.0763. The molecule has 0 spiro atoms. The molecule has 0 aliphatic carbocycles. The molecule has 0 saturated carbocycles. The van der Waals surface area contributed by atoms with Crippen LogP contribution in [0.25, 0.3) is 0 Å². The lowest BCUT2D eigenvalue weighted by Crippen LogP contribution is -2.52. The maximum atomic E-state index is 13.1. The van der Waals surface area contributed by atoms with Gasteiger partial charge < -0.3 is 9.80 Å². The van der Waals surface area contributed by atoms with Crippen LogP contribution in [0.5, 0.6) is 0 Å². The number of hydrogen-bond donors (Lipinski definition) is 0. The lowest BCUT2D eigenvalue weighted by molar-refractivity contribution is -0.120. The first-order valence-corrected chi connectivity index (χ1v) is 10.2. The highest BCUT2D eigenvalue weighted by Gasteiger charge is 2.26. The van der Waals surface area contributed by atoms with Crippen LogP contribution in [0.15, 0.2) is 42.6 Å². The molecule has 156 valence electrons. The van der Waals surface area contributed by atoms with E-state index >= 15 is 0 Å². The Labute approximate surface area is 177 Å². The van der Waals surface area contributed by atoms with Crippen molar-refractivity contribution < 1.29 is 9.59 Å². The number of aryl methyl sites for hydroxylation is 1. The first-order chi connectivity index (χ1) is 14.5. The fraction of sp³-hybridized carbons (Fsp3) is 0.391. The Hall–Kier alpha value is -3.24. The van der Waals surface area contributed by atoms with Crippen molar-refractivity contribution >= 4 is 17.5 Å². The molecule has 1 aromatic carbocycles. The fourth-order valence-corrected chi connectivity index (χ4v) is 3.61. The van der Waals surface area contributed by atoms with E-state index in [9.17, 15) is 9.59 Å². The molecular formula is C23H27N5O2. The van der Waals surface area contributed by atoms with E-state index in [-0.39, 0.29) is 24.8 Å². The van der Waals surface area contributed by atoms with E-state index in [4.69, 9.17) is 5.26 Å². The van der Waals surface area contributed by atoms with E-state index in [1.807, 2.05) is 32.0 Å². The third-order valence-electron chi connectivity index (χ3n) is 5.52. The quantitative estimate of drug-likeness (QED) is 0.737. The van der Waals surface area contributed by atoms with Gasteiger partial charge in [-0.25, -0.2) is 0 Å². The number of carbonyl (C=O) groups excluding carboxylic acids is 2. The molecule has 0 radical (unpaired) electrons. The van der Waals surface area contributed by atoms with Crippen molar-refractivity contribution in [3.63, 3.8) is 0 Å². The third kappa shape index (κ3) is 5.02. The van der Waals surface area contributed by atoms with Gasteiger partial charge in [0.2, 0.25) is 5.91 Å². The zero-order valence-electron chi connectivity index (χ0n) is 17.5. The summed E-state index contributed by atoms with van der Waals surface area (Å²) in [6, 6.07) is 13.3. The van der Waals surface area contributed by atoms with Gasteiger partial charge in [-0.15, -0.1) is 0 Å². The Morgan fingerprint density at radius 2 is 1.87 bits per heavy atom. The average Bonchev–Trinajstić information content (AvgIpc) is 2.77. The van der Waals surface area contributed by atoms with E-state index in [1.165, 1.54) is 0 Å². The van der Waals surface area contributed by atoms with Crippen molar-refractivity contribution in [2.75, 3.05) is 44.2 Å². The number of carbonyl (C=O) groups is 2. The molecule has 1 aromatic heterocycles. The van der Waals surface area contributed by atoms with Gasteiger partial charge in [-0.1, -0.05) is 18.2 Å². The molecule has 0 N–H and O–H groups in total. The standard InChI is InChI=1S/C23H27N5O2/c1-18-7-5-9-21(19(18)2)28(12-6-10-24)22(29)17-26-13-15-27(16-14-26)23(30)20-8-3-4-11-25-20/h3-5,7-9,11H,6,12-17H2,1-2H3. The second kappa shape index (κ2) is 9.99. The molecule has 7 nitrogen and oxygen atoms in total. The first-order valence-electron chi connectivity index (χ1n) is 10.2. The second-order valence-corrected chi connectivity index (χ2v) is 7.46. The van der Waals surface area contributed by atoms with Crippen molar-refractivity contribution in [1.82, 2.24) is 14.8 Å². The Kier molecular flexibility index (Phi) is 7.15. The topological polar surface area (TPSA) is 80.5 Å². The Morgan fingerprint density at radius 3 is 2.53 bits per heavy atom. The summed E-state index contributed by atoms with van der Waals surface area (Å²) in [6.45, 7) is 7.03. The van der Waals surface area contributed by atoms with Gasteiger partial charge >= 0.3 is 0 Å². The van der Waals surface area contributed by atoms with Crippen LogP contribution in [0.2, 0.25) is 0 Å². The Morgan fingerprint density at radius 1 is 1.10 bits per heavy atom.